The van der Waals surface area contributed by atoms with Crippen LogP contribution in [0.15, 0.2) is 0 Å². The van der Waals surface area contributed by atoms with Gasteiger partial charge in [0.2, 0.25) is 0 Å². The quantitative estimate of drug-likeness (QED) is 0.248. The Labute approximate surface area is 197 Å². The topological polar surface area (TPSA) is 12.0 Å². The van der Waals surface area contributed by atoms with Gasteiger partial charge in [0.25, 0.3) is 0 Å². The summed E-state index contributed by atoms with van der Waals surface area (Å²) in [5.74, 6) is -5.07. The normalized spacial score (nSPS) is 24.1. The van der Waals surface area contributed by atoms with Crippen LogP contribution in [0.25, 0.3) is 0 Å². The molecule has 0 unspecified atom stereocenters. The molecule has 1 N–H and O–H groups in total. The van der Waals surface area contributed by atoms with Crippen LogP contribution in [0.4, 0.5) is 26.3 Å². The Hall–Kier alpha value is 0.240. The van der Waals surface area contributed by atoms with Gasteiger partial charge < -0.3 is 0 Å². The first kappa shape index (κ1) is 26.8. The van der Waals surface area contributed by atoms with Crippen LogP contribution in [-0.2, 0) is 0 Å². The maximum Gasteiger partial charge on any atom is 0.392 e. The van der Waals surface area contributed by atoms with E-state index in [-0.39, 0.29) is 17.8 Å². The molecule has 0 aliphatic heterocycles. The number of nitrogens with one attached hydrogen (secondary N) is 1. The average Bonchev–Trinajstić information content (AvgIpc) is 2.81. The summed E-state index contributed by atoms with van der Waals surface area (Å²) in [6.45, 7) is 0. The molecule has 188 valence electrons. The van der Waals surface area contributed by atoms with Crippen molar-refractivity contribution in [3.63, 3.8) is 0 Å². The molecule has 3 rings (SSSR count). The first-order valence-electron chi connectivity index (χ1n) is 12.2. The van der Waals surface area contributed by atoms with E-state index in [0.717, 1.165) is 103 Å². The van der Waals surface area contributed by atoms with Gasteiger partial charge in [-0.15, -0.1) is 0 Å². The summed E-state index contributed by atoms with van der Waals surface area (Å²) in [7, 11) is 0. The molecule has 3 aliphatic carbocycles. The highest BCUT2D eigenvalue weighted by Gasteiger charge is 2.72. The first-order chi connectivity index (χ1) is 15.1. The number of thioether (sulfide) groups is 1. The highest BCUT2D eigenvalue weighted by Crippen LogP contribution is 2.57. The predicted octanol–water partition coefficient (Wildman–Crippen LogP) is 8.89. The van der Waals surface area contributed by atoms with Gasteiger partial charge in [-0.05, 0) is 62.5 Å². The molecule has 0 aromatic heterocycles. The fourth-order valence-corrected chi connectivity index (χ4v) is 8.02. The van der Waals surface area contributed by atoms with Gasteiger partial charge >= 0.3 is 16.4 Å². The lowest BCUT2D eigenvalue weighted by molar-refractivity contribution is -0.237. The van der Waals surface area contributed by atoms with Crippen molar-refractivity contribution in [1.29, 1.82) is 0 Å². The number of halogens is 6. The van der Waals surface area contributed by atoms with Gasteiger partial charge in [-0.25, -0.2) is 0 Å². The summed E-state index contributed by atoms with van der Waals surface area (Å²) in [5, 5.41) is -9.75. The fraction of sp³-hybridized carbons (Fsp3) is 1.00. The first-order valence-corrected chi connectivity index (χ1v) is 14.3. The summed E-state index contributed by atoms with van der Waals surface area (Å²) < 4.78 is 88.7. The molecule has 3 aliphatic rings. The molecular weight excluding hydrogens is 468 g/mol. The molecule has 0 bridgehead atoms. The molecule has 0 heterocycles. The van der Waals surface area contributed by atoms with Gasteiger partial charge in [0.05, 0.1) is 0 Å². The minimum atomic E-state index is -5.45. The summed E-state index contributed by atoms with van der Waals surface area (Å²) >= 11 is -0.937. The lowest BCUT2D eigenvalue weighted by Gasteiger charge is -2.55. The molecule has 32 heavy (non-hydrogen) atoms. The van der Waals surface area contributed by atoms with E-state index >= 15 is 0 Å². The summed E-state index contributed by atoms with van der Waals surface area (Å²) in [6.07, 6.45) is 15.4. The molecular formula is C23H37F6NS2. The third kappa shape index (κ3) is 5.24. The van der Waals surface area contributed by atoms with Crippen LogP contribution in [0.1, 0.15) is 96.3 Å². The maximum absolute atomic E-state index is 14.8. The van der Waals surface area contributed by atoms with Gasteiger partial charge in [-0.2, -0.15) is 26.3 Å². The van der Waals surface area contributed by atoms with Crippen LogP contribution in [0.3, 0.4) is 0 Å². The van der Waals surface area contributed by atoms with Gasteiger partial charge in [0.15, 0.2) is 0 Å². The lowest BCUT2D eigenvalue weighted by Crippen LogP contribution is -2.62. The van der Waals surface area contributed by atoms with Gasteiger partial charge in [0.1, 0.15) is 0 Å². The van der Waals surface area contributed by atoms with Gasteiger partial charge in [0, 0.05) is 17.5 Å². The number of hydrogen-bond acceptors (Lipinski definition) is 3. The van der Waals surface area contributed by atoms with Crippen LogP contribution in [0, 0.1) is 17.8 Å². The zero-order valence-corrected chi connectivity index (χ0v) is 20.6. The minimum absolute atomic E-state index is 0.125. The van der Waals surface area contributed by atoms with Crippen molar-refractivity contribution in [1.82, 2.24) is 4.72 Å². The van der Waals surface area contributed by atoms with Gasteiger partial charge in [-0.3, -0.25) is 4.72 Å². The van der Waals surface area contributed by atoms with Crippen molar-refractivity contribution in [2.24, 2.45) is 17.8 Å². The fourth-order valence-electron chi connectivity index (χ4n) is 6.50. The zero-order chi connectivity index (χ0) is 23.5. The Balaban J connectivity index is 1.95. The van der Waals surface area contributed by atoms with Crippen LogP contribution in [0.5, 0.6) is 0 Å². The monoisotopic (exact) mass is 505 g/mol. The second-order valence-corrected chi connectivity index (χ2v) is 11.8. The van der Waals surface area contributed by atoms with E-state index in [0.29, 0.717) is 0 Å². The molecule has 1 nitrogen and oxygen atoms in total. The maximum atomic E-state index is 14.8. The highest BCUT2D eigenvalue weighted by molar-refractivity contribution is 8.00. The molecule has 0 radical (unpaired) electrons. The second-order valence-electron chi connectivity index (χ2n) is 9.95. The molecule has 0 spiro atoms. The van der Waals surface area contributed by atoms with E-state index in [4.69, 9.17) is 0 Å². The molecule has 0 amide bonds. The van der Waals surface area contributed by atoms with Crippen molar-refractivity contribution < 1.29 is 26.3 Å². The zero-order valence-electron chi connectivity index (χ0n) is 18.9. The number of alkyl halides is 6. The number of hydrogen-bond donors (Lipinski definition) is 1. The Kier molecular flexibility index (Phi) is 9.13. The van der Waals surface area contributed by atoms with Crippen molar-refractivity contribution in [3.8, 4) is 0 Å². The van der Waals surface area contributed by atoms with E-state index in [1.807, 2.05) is 0 Å². The molecule has 0 saturated heterocycles. The smallest absolute Gasteiger partial charge is 0.252 e. The average molecular weight is 506 g/mol. The molecule has 0 aromatic carbocycles. The molecule has 9 heteroatoms. The van der Waals surface area contributed by atoms with E-state index in [2.05, 4.69) is 4.72 Å². The van der Waals surface area contributed by atoms with E-state index in [9.17, 15) is 26.3 Å². The second kappa shape index (κ2) is 10.9. The van der Waals surface area contributed by atoms with Crippen LogP contribution < -0.4 is 4.72 Å². The Morgan fingerprint density at radius 1 is 0.562 bits per heavy atom. The van der Waals surface area contributed by atoms with E-state index in [1.54, 1.807) is 0 Å². The molecule has 3 saturated carbocycles. The third-order valence-electron chi connectivity index (χ3n) is 8.19. The SMILES string of the molecule is CSC(F)(F)C(F)(F)C(F)(F)SNC(C1CCCCC1)(C1CCCCC1)C1CCCCC1. The van der Waals surface area contributed by atoms with Gasteiger partial charge in [-0.1, -0.05) is 69.5 Å². The molecule has 3 fully saturated rings. The summed E-state index contributed by atoms with van der Waals surface area (Å²) in [5.41, 5.74) is -0.694. The van der Waals surface area contributed by atoms with Crippen LogP contribution >= 0.6 is 23.7 Å². The minimum Gasteiger partial charge on any atom is -0.252 e. The molecule has 0 aromatic rings. The van der Waals surface area contributed by atoms with Crippen LogP contribution in [0.2, 0.25) is 0 Å². The summed E-state index contributed by atoms with van der Waals surface area (Å²) in [6, 6.07) is 0. The van der Waals surface area contributed by atoms with Crippen molar-refractivity contribution in [3.05, 3.63) is 0 Å². The van der Waals surface area contributed by atoms with Crippen molar-refractivity contribution >= 4 is 23.7 Å². The van der Waals surface area contributed by atoms with Crippen LogP contribution in [-0.4, -0.2) is 28.2 Å². The summed E-state index contributed by atoms with van der Waals surface area (Å²) in [4.78, 5) is 0. The standard InChI is InChI=1S/C23H37F6NS2/c1-31-22(26,27)21(24,25)23(28,29)32-30-20(17-11-5-2-6-12-17,18-13-7-3-8-14-18)19-15-9-4-10-16-19/h17-19,30H,2-16H2,1H3. The van der Waals surface area contributed by atoms with Crippen molar-refractivity contribution in [2.45, 2.75) is 118 Å². The Morgan fingerprint density at radius 2 is 0.906 bits per heavy atom. The van der Waals surface area contributed by atoms with E-state index < -0.39 is 45.7 Å². The Morgan fingerprint density at radius 3 is 1.22 bits per heavy atom. The third-order valence-corrected chi connectivity index (χ3v) is 9.92. The lowest BCUT2D eigenvalue weighted by atomic mass is 9.57. The van der Waals surface area contributed by atoms with E-state index in [1.165, 1.54) is 0 Å². The van der Waals surface area contributed by atoms with Crippen molar-refractivity contribution in [2.75, 3.05) is 6.26 Å². The Bertz CT molecular complexity index is 539. The molecule has 0 atom stereocenters. The number of rotatable bonds is 9. The largest absolute Gasteiger partial charge is 0.392 e. The predicted molar refractivity (Wildman–Crippen MR) is 122 cm³/mol. The highest BCUT2D eigenvalue weighted by atomic mass is 32.2.